The summed E-state index contributed by atoms with van der Waals surface area (Å²) in [4.78, 5) is 0. The second kappa shape index (κ2) is 3.65. The lowest BCUT2D eigenvalue weighted by Crippen LogP contribution is -2.45. The van der Waals surface area contributed by atoms with E-state index in [1.807, 2.05) is 41.2 Å². The van der Waals surface area contributed by atoms with E-state index in [-0.39, 0.29) is 11.0 Å². The van der Waals surface area contributed by atoms with Gasteiger partial charge >= 0.3 is 0 Å². The fraction of sp³-hybridized carbons (Fsp3) is 0.429. The molecule has 0 aliphatic heterocycles. The Morgan fingerprint density at radius 2 is 1.89 bits per heavy atom. The van der Waals surface area contributed by atoms with Crippen molar-refractivity contribution in [2.24, 2.45) is 5.73 Å². The van der Waals surface area contributed by atoms with Gasteiger partial charge in [-0.05, 0) is 38.8 Å². The van der Waals surface area contributed by atoms with E-state index < -0.39 is 0 Å². The van der Waals surface area contributed by atoms with Gasteiger partial charge in [0, 0.05) is 11.0 Å². The van der Waals surface area contributed by atoms with E-state index in [1.165, 1.54) is 0 Å². The zero-order valence-electron chi connectivity index (χ0n) is 10.8. The fourth-order valence-corrected chi connectivity index (χ4v) is 2.55. The van der Waals surface area contributed by atoms with Crippen LogP contribution in [0.25, 0.3) is 5.69 Å². The van der Waals surface area contributed by atoms with Crippen LogP contribution in [0.5, 0.6) is 0 Å². The first-order valence-corrected chi connectivity index (χ1v) is 6.30. The first-order valence-electron chi connectivity index (χ1n) is 6.30. The Morgan fingerprint density at radius 1 is 1.22 bits per heavy atom. The smallest absolute Gasteiger partial charge is 0.0911 e. The Labute approximate surface area is 107 Å². The summed E-state index contributed by atoms with van der Waals surface area (Å²) < 4.78 is 1.82. The molecule has 94 valence electrons. The maximum atomic E-state index is 6.28. The molecule has 2 N–H and O–H groups in total. The molecule has 0 amide bonds. The number of nitrogens with two attached hydrogens (primary N) is 1. The van der Waals surface area contributed by atoms with Crippen molar-refractivity contribution in [2.45, 2.75) is 37.6 Å². The molecule has 4 nitrogen and oxygen atoms in total. The Morgan fingerprint density at radius 3 is 2.44 bits per heavy atom. The van der Waals surface area contributed by atoms with Crippen LogP contribution < -0.4 is 5.73 Å². The van der Waals surface area contributed by atoms with E-state index >= 15 is 0 Å². The molecule has 1 aromatic heterocycles. The molecule has 2 aromatic rings. The van der Waals surface area contributed by atoms with Gasteiger partial charge in [0.1, 0.15) is 0 Å². The minimum atomic E-state index is -0.245. The Kier molecular flexibility index (Phi) is 2.32. The van der Waals surface area contributed by atoms with Crippen molar-refractivity contribution in [1.29, 1.82) is 0 Å². The fourth-order valence-electron chi connectivity index (χ4n) is 2.55. The third-order valence-corrected chi connectivity index (χ3v) is 3.99. The summed E-state index contributed by atoms with van der Waals surface area (Å²) >= 11 is 0. The summed E-state index contributed by atoms with van der Waals surface area (Å²) in [6, 6.07) is 10.0. The summed E-state index contributed by atoms with van der Waals surface area (Å²) in [5.74, 6) is 0. The lowest BCUT2D eigenvalue weighted by atomic mass is 9.83. The van der Waals surface area contributed by atoms with E-state index in [0.29, 0.717) is 0 Å². The van der Waals surface area contributed by atoms with Gasteiger partial charge < -0.3 is 5.73 Å². The van der Waals surface area contributed by atoms with Gasteiger partial charge in [0.2, 0.25) is 0 Å². The zero-order valence-corrected chi connectivity index (χ0v) is 10.8. The van der Waals surface area contributed by atoms with E-state index in [2.05, 4.69) is 24.2 Å². The van der Waals surface area contributed by atoms with Crippen molar-refractivity contribution in [3.8, 4) is 5.69 Å². The molecule has 3 rings (SSSR count). The Hall–Kier alpha value is -1.68. The molecule has 1 aliphatic carbocycles. The number of rotatable bonds is 3. The van der Waals surface area contributed by atoms with Crippen molar-refractivity contribution in [3.05, 3.63) is 42.2 Å². The van der Waals surface area contributed by atoms with Crippen LogP contribution in [-0.4, -0.2) is 20.5 Å². The van der Waals surface area contributed by atoms with Crippen LogP contribution in [-0.2, 0) is 5.41 Å². The first-order chi connectivity index (χ1) is 8.53. The van der Waals surface area contributed by atoms with Crippen LogP contribution in [0.1, 0.15) is 32.4 Å². The van der Waals surface area contributed by atoms with Gasteiger partial charge in [-0.3, -0.25) is 0 Å². The van der Waals surface area contributed by atoms with Crippen LogP contribution >= 0.6 is 0 Å². The molecule has 0 bridgehead atoms. The molecular formula is C14H18N4. The maximum absolute atomic E-state index is 6.28. The predicted octanol–water partition coefficient (Wildman–Crippen LogP) is 2.04. The molecule has 1 fully saturated rings. The van der Waals surface area contributed by atoms with Crippen LogP contribution in [0.2, 0.25) is 0 Å². The van der Waals surface area contributed by atoms with Gasteiger partial charge in [-0.15, -0.1) is 5.10 Å². The third-order valence-electron chi connectivity index (χ3n) is 3.99. The topological polar surface area (TPSA) is 56.7 Å². The number of benzene rings is 1. The Balaban J connectivity index is 1.96. The molecule has 0 atom stereocenters. The largest absolute Gasteiger partial charge is 0.325 e. The third kappa shape index (κ3) is 1.64. The van der Waals surface area contributed by atoms with E-state index in [9.17, 15) is 0 Å². The summed E-state index contributed by atoms with van der Waals surface area (Å²) in [5, 5.41) is 8.54. The lowest BCUT2D eigenvalue weighted by molar-refractivity contribution is 0.383. The number of nitrogens with zero attached hydrogens (tertiary/aromatic N) is 3. The second-order valence-corrected chi connectivity index (χ2v) is 5.69. The molecular weight excluding hydrogens is 224 g/mol. The molecule has 1 aromatic carbocycles. The van der Waals surface area contributed by atoms with Crippen LogP contribution in [0.4, 0.5) is 0 Å². The van der Waals surface area contributed by atoms with Crippen molar-refractivity contribution < 1.29 is 0 Å². The molecule has 4 heteroatoms. The molecule has 18 heavy (non-hydrogen) atoms. The molecule has 1 heterocycles. The van der Waals surface area contributed by atoms with Gasteiger partial charge in [-0.2, -0.15) is 0 Å². The van der Waals surface area contributed by atoms with Crippen molar-refractivity contribution in [2.75, 3.05) is 0 Å². The molecule has 0 radical (unpaired) electrons. The number of para-hydroxylation sites is 1. The predicted molar refractivity (Wildman–Crippen MR) is 70.5 cm³/mol. The molecule has 0 unspecified atom stereocenters. The summed E-state index contributed by atoms with van der Waals surface area (Å²) in [7, 11) is 0. The number of aromatic nitrogens is 3. The highest BCUT2D eigenvalue weighted by atomic mass is 15.4. The minimum Gasteiger partial charge on any atom is -0.325 e. The van der Waals surface area contributed by atoms with Crippen LogP contribution in [0, 0.1) is 0 Å². The summed E-state index contributed by atoms with van der Waals surface area (Å²) in [6.45, 7) is 4.14. The molecule has 0 saturated heterocycles. The Bertz CT molecular complexity index is 547. The van der Waals surface area contributed by atoms with Crippen LogP contribution in [0.3, 0.4) is 0 Å². The van der Waals surface area contributed by atoms with Crippen molar-refractivity contribution in [3.63, 3.8) is 0 Å². The van der Waals surface area contributed by atoms with Gasteiger partial charge in [0.15, 0.2) is 0 Å². The highest BCUT2D eigenvalue weighted by Gasteiger charge is 2.55. The summed E-state index contributed by atoms with van der Waals surface area (Å²) in [6.07, 6.45) is 4.21. The average molecular weight is 242 g/mol. The van der Waals surface area contributed by atoms with Crippen molar-refractivity contribution >= 4 is 0 Å². The van der Waals surface area contributed by atoms with Gasteiger partial charge in [0.05, 0.1) is 17.6 Å². The van der Waals surface area contributed by atoms with Crippen molar-refractivity contribution in [1.82, 2.24) is 15.0 Å². The highest BCUT2D eigenvalue weighted by Crippen LogP contribution is 2.53. The molecule has 1 aliphatic rings. The summed E-state index contributed by atoms with van der Waals surface area (Å²) in [5.41, 5.74) is 8.09. The van der Waals surface area contributed by atoms with Crippen LogP contribution in [0.15, 0.2) is 36.5 Å². The number of hydrogen-bond acceptors (Lipinski definition) is 3. The number of hydrogen-bond donors (Lipinski definition) is 1. The average Bonchev–Trinajstić information content (AvgIpc) is 3.03. The van der Waals surface area contributed by atoms with E-state index in [4.69, 9.17) is 5.73 Å². The minimum absolute atomic E-state index is 0.0139. The monoisotopic (exact) mass is 242 g/mol. The molecule has 1 saturated carbocycles. The van der Waals surface area contributed by atoms with E-state index in [1.54, 1.807) is 0 Å². The quantitative estimate of drug-likeness (QED) is 0.896. The lowest BCUT2D eigenvalue weighted by Gasteiger charge is -2.28. The van der Waals surface area contributed by atoms with E-state index in [0.717, 1.165) is 24.2 Å². The zero-order chi connectivity index (χ0) is 12.8. The maximum Gasteiger partial charge on any atom is 0.0911 e. The molecule has 0 spiro atoms. The highest BCUT2D eigenvalue weighted by molar-refractivity contribution is 5.34. The SMILES string of the molecule is CC(C)(N)C1(c2cn(-c3ccccc3)nn2)CC1. The van der Waals surface area contributed by atoms with Gasteiger partial charge in [0.25, 0.3) is 0 Å². The van der Waals surface area contributed by atoms with Gasteiger partial charge in [-0.1, -0.05) is 23.4 Å². The standard InChI is InChI=1S/C14H18N4/c1-13(2,15)14(8-9-14)12-10-18(17-16-12)11-6-4-3-5-7-11/h3-7,10H,8-9,15H2,1-2H3. The van der Waals surface area contributed by atoms with Gasteiger partial charge in [-0.25, -0.2) is 4.68 Å². The first kappa shape index (κ1) is 11.4. The normalized spacial score (nSPS) is 17.7. The second-order valence-electron chi connectivity index (χ2n) is 5.69.